The van der Waals surface area contributed by atoms with Crippen LogP contribution in [0.3, 0.4) is 0 Å². The summed E-state index contributed by atoms with van der Waals surface area (Å²) in [5.41, 5.74) is -0.00569. The summed E-state index contributed by atoms with van der Waals surface area (Å²) in [5, 5.41) is 2.84. The molecule has 0 bridgehead atoms. The normalized spacial score (nSPS) is 9.19. The van der Waals surface area contributed by atoms with E-state index in [1.54, 1.807) is 6.92 Å². The summed E-state index contributed by atoms with van der Waals surface area (Å²) in [6.07, 6.45) is 0.553. The van der Waals surface area contributed by atoms with E-state index in [-0.39, 0.29) is 10.6 Å². The molecule has 0 saturated carbocycles. The molecule has 0 unspecified atom stereocenters. The summed E-state index contributed by atoms with van der Waals surface area (Å²) in [4.78, 5) is 11.5. The van der Waals surface area contributed by atoms with Gasteiger partial charge < -0.3 is 5.32 Å². The van der Waals surface area contributed by atoms with Crippen molar-refractivity contribution >= 4 is 17.5 Å². The fourth-order valence-electron chi connectivity index (χ4n) is 1.13. The zero-order valence-electron chi connectivity index (χ0n) is 8.81. The predicted molar refractivity (Wildman–Crippen MR) is 61.8 cm³/mol. The Bertz CT molecular complexity index is 448. The fraction of sp³-hybridized carbons (Fsp3) is 0.250. The molecular weight excluding hydrogens is 229 g/mol. The molecule has 0 aliphatic rings. The van der Waals surface area contributed by atoms with E-state index < -0.39 is 11.7 Å². The largest absolute Gasteiger partial charge is 0.351 e. The predicted octanol–water partition coefficient (Wildman–Crippen LogP) is 2.62. The van der Waals surface area contributed by atoms with Crippen LogP contribution in [-0.2, 0) is 0 Å². The van der Waals surface area contributed by atoms with Crippen molar-refractivity contribution in [2.75, 3.05) is 6.54 Å². The average Bonchev–Trinajstić information content (AvgIpc) is 2.24. The molecule has 0 saturated heterocycles. The van der Waals surface area contributed by atoms with Gasteiger partial charge in [-0.15, -0.1) is 11.8 Å². The van der Waals surface area contributed by atoms with Crippen molar-refractivity contribution in [1.82, 2.24) is 5.32 Å². The van der Waals surface area contributed by atoms with E-state index in [4.69, 9.17) is 11.6 Å². The summed E-state index contributed by atoms with van der Waals surface area (Å²) >= 11 is 5.58. The van der Waals surface area contributed by atoms with Crippen LogP contribution in [0.5, 0.6) is 0 Å². The Balaban J connectivity index is 2.61. The average molecular weight is 240 g/mol. The second-order valence-corrected chi connectivity index (χ2v) is 3.49. The van der Waals surface area contributed by atoms with Crippen LogP contribution in [0.1, 0.15) is 23.7 Å². The number of benzene rings is 1. The van der Waals surface area contributed by atoms with Crippen molar-refractivity contribution in [2.45, 2.75) is 13.3 Å². The Kier molecular flexibility index (Phi) is 4.81. The summed E-state index contributed by atoms with van der Waals surface area (Å²) in [6.45, 7) is 2.13. The van der Waals surface area contributed by atoms with Crippen molar-refractivity contribution < 1.29 is 9.18 Å². The lowest BCUT2D eigenvalue weighted by Crippen LogP contribution is -2.25. The molecule has 0 aliphatic heterocycles. The first kappa shape index (κ1) is 12.5. The molecule has 0 atom stereocenters. The van der Waals surface area contributed by atoms with Crippen molar-refractivity contribution in [1.29, 1.82) is 0 Å². The standard InChI is InChI=1S/C12H11ClFNO/c1-2-3-4-7-15-12(16)10-6-5-9(13)8-11(10)14/h5-6,8H,4,7H2,1H3,(H,15,16). The van der Waals surface area contributed by atoms with E-state index in [0.29, 0.717) is 13.0 Å². The first-order chi connectivity index (χ1) is 7.65. The number of carbonyl (C=O) groups excluding carboxylic acids is 1. The number of nitrogens with one attached hydrogen (secondary N) is 1. The van der Waals surface area contributed by atoms with Gasteiger partial charge >= 0.3 is 0 Å². The number of rotatable bonds is 3. The van der Waals surface area contributed by atoms with Crippen LogP contribution in [0, 0.1) is 17.7 Å². The molecule has 0 spiro atoms. The minimum atomic E-state index is -0.619. The van der Waals surface area contributed by atoms with Gasteiger partial charge in [0.05, 0.1) is 5.56 Å². The third kappa shape index (κ3) is 3.56. The van der Waals surface area contributed by atoms with Gasteiger partial charge in [0.2, 0.25) is 0 Å². The molecule has 16 heavy (non-hydrogen) atoms. The Morgan fingerprint density at radius 1 is 1.56 bits per heavy atom. The summed E-state index contributed by atoms with van der Waals surface area (Å²) in [7, 11) is 0. The van der Waals surface area contributed by atoms with Crippen molar-refractivity contribution in [3.8, 4) is 11.8 Å². The summed E-state index contributed by atoms with van der Waals surface area (Å²) < 4.78 is 13.3. The molecule has 1 aromatic carbocycles. The van der Waals surface area contributed by atoms with Gasteiger partial charge in [-0.05, 0) is 25.1 Å². The molecule has 1 amide bonds. The Hall–Kier alpha value is -1.53. The van der Waals surface area contributed by atoms with Crippen LogP contribution in [0.2, 0.25) is 5.02 Å². The quantitative estimate of drug-likeness (QED) is 0.638. The Morgan fingerprint density at radius 3 is 2.94 bits per heavy atom. The van der Waals surface area contributed by atoms with Gasteiger partial charge in [0.1, 0.15) is 5.82 Å². The summed E-state index contributed by atoms with van der Waals surface area (Å²) in [6, 6.07) is 3.95. The van der Waals surface area contributed by atoms with Crippen molar-refractivity contribution in [3.63, 3.8) is 0 Å². The maximum Gasteiger partial charge on any atom is 0.254 e. The Labute approximate surface area is 98.8 Å². The van der Waals surface area contributed by atoms with Gasteiger partial charge in [-0.3, -0.25) is 4.79 Å². The third-order valence-electron chi connectivity index (χ3n) is 1.89. The maximum absolute atomic E-state index is 13.3. The van der Waals surface area contributed by atoms with Crippen LogP contribution >= 0.6 is 11.6 Å². The van der Waals surface area contributed by atoms with Gasteiger partial charge in [0.15, 0.2) is 0 Å². The highest BCUT2D eigenvalue weighted by atomic mass is 35.5. The van der Waals surface area contributed by atoms with Gasteiger partial charge in [-0.2, -0.15) is 0 Å². The molecular formula is C12H11ClFNO. The maximum atomic E-state index is 13.3. The topological polar surface area (TPSA) is 29.1 Å². The zero-order chi connectivity index (χ0) is 12.0. The van der Waals surface area contributed by atoms with E-state index in [0.717, 1.165) is 6.07 Å². The van der Waals surface area contributed by atoms with Gasteiger partial charge in [-0.1, -0.05) is 11.6 Å². The highest BCUT2D eigenvalue weighted by Crippen LogP contribution is 2.14. The highest BCUT2D eigenvalue weighted by Gasteiger charge is 2.10. The Morgan fingerprint density at radius 2 is 2.31 bits per heavy atom. The number of hydrogen-bond acceptors (Lipinski definition) is 1. The monoisotopic (exact) mass is 239 g/mol. The molecule has 1 aromatic rings. The second-order valence-electron chi connectivity index (χ2n) is 3.06. The lowest BCUT2D eigenvalue weighted by atomic mass is 10.2. The lowest BCUT2D eigenvalue weighted by Gasteiger charge is -2.04. The second kappa shape index (κ2) is 6.14. The van der Waals surface area contributed by atoms with E-state index >= 15 is 0 Å². The minimum absolute atomic E-state index is 0.00569. The van der Waals surface area contributed by atoms with Crippen molar-refractivity contribution in [3.05, 3.63) is 34.6 Å². The van der Waals surface area contributed by atoms with Crippen LogP contribution in [0.25, 0.3) is 0 Å². The molecule has 1 N–H and O–H groups in total. The highest BCUT2D eigenvalue weighted by molar-refractivity contribution is 6.30. The number of carbonyl (C=O) groups is 1. The lowest BCUT2D eigenvalue weighted by molar-refractivity contribution is 0.0950. The summed E-state index contributed by atoms with van der Waals surface area (Å²) in [5.74, 6) is 4.44. The minimum Gasteiger partial charge on any atom is -0.351 e. The number of halogens is 2. The van der Waals surface area contributed by atoms with Gasteiger partial charge in [0, 0.05) is 18.0 Å². The van der Waals surface area contributed by atoms with Crippen LogP contribution < -0.4 is 5.32 Å². The molecule has 0 aliphatic carbocycles. The first-order valence-electron chi connectivity index (χ1n) is 4.78. The van der Waals surface area contributed by atoms with Crippen molar-refractivity contribution in [2.24, 2.45) is 0 Å². The number of hydrogen-bond donors (Lipinski definition) is 1. The zero-order valence-corrected chi connectivity index (χ0v) is 9.57. The van der Waals surface area contributed by atoms with Gasteiger partial charge in [0.25, 0.3) is 5.91 Å². The molecule has 1 rings (SSSR count). The smallest absolute Gasteiger partial charge is 0.254 e. The van der Waals surface area contributed by atoms with E-state index in [1.165, 1.54) is 12.1 Å². The number of amides is 1. The van der Waals surface area contributed by atoms with Crippen LogP contribution in [0.15, 0.2) is 18.2 Å². The van der Waals surface area contributed by atoms with E-state index in [9.17, 15) is 9.18 Å². The molecule has 0 fully saturated rings. The fourth-order valence-corrected chi connectivity index (χ4v) is 1.29. The van der Waals surface area contributed by atoms with E-state index in [2.05, 4.69) is 17.2 Å². The molecule has 4 heteroatoms. The molecule has 0 radical (unpaired) electrons. The molecule has 0 aromatic heterocycles. The SMILES string of the molecule is CC#CCCNC(=O)c1ccc(Cl)cc1F. The molecule has 0 heterocycles. The van der Waals surface area contributed by atoms with E-state index in [1.807, 2.05) is 0 Å². The first-order valence-corrected chi connectivity index (χ1v) is 5.16. The molecule has 2 nitrogen and oxygen atoms in total. The third-order valence-corrected chi connectivity index (χ3v) is 2.12. The van der Waals surface area contributed by atoms with Gasteiger partial charge in [-0.25, -0.2) is 4.39 Å². The van der Waals surface area contributed by atoms with Crippen LogP contribution in [0.4, 0.5) is 4.39 Å². The van der Waals surface area contributed by atoms with Crippen LogP contribution in [-0.4, -0.2) is 12.5 Å². The molecule has 84 valence electrons.